The lowest BCUT2D eigenvalue weighted by atomic mass is 9.69. The Bertz CT molecular complexity index is 616. The third-order valence-corrected chi connectivity index (χ3v) is 5.39. The first kappa shape index (κ1) is 19.5. The highest BCUT2D eigenvalue weighted by Crippen LogP contribution is 2.40. The molecule has 0 unspecified atom stereocenters. The molecule has 0 aliphatic carbocycles. The number of β-amino-alcohol motifs (C(OH)–C–C–N with tert-alkyl or cyclic N) is 1. The quantitative estimate of drug-likeness (QED) is 0.848. The molecule has 3 heterocycles. The molecule has 1 aromatic rings. The lowest BCUT2D eigenvalue weighted by Crippen LogP contribution is -2.62. The predicted molar refractivity (Wildman–Crippen MR) is 85.2 cm³/mol. The van der Waals surface area contributed by atoms with Crippen LogP contribution in [-0.4, -0.2) is 76.6 Å². The molecule has 2 aliphatic rings. The van der Waals surface area contributed by atoms with Gasteiger partial charge in [0.2, 0.25) is 5.89 Å². The van der Waals surface area contributed by atoms with Gasteiger partial charge in [-0.2, -0.15) is 18.2 Å². The van der Waals surface area contributed by atoms with Gasteiger partial charge in [-0.25, -0.2) is 0 Å². The molecular weight excluding hydrogens is 353 g/mol. The van der Waals surface area contributed by atoms with E-state index >= 15 is 0 Å². The van der Waals surface area contributed by atoms with Crippen LogP contribution in [0.25, 0.3) is 0 Å². The number of nitrogens with zero attached hydrogens (tertiary/aromatic N) is 4. The Labute approximate surface area is 150 Å². The van der Waals surface area contributed by atoms with Gasteiger partial charge in [0, 0.05) is 38.1 Å². The van der Waals surface area contributed by atoms with Crippen LogP contribution in [0.1, 0.15) is 32.0 Å². The van der Waals surface area contributed by atoms with E-state index in [1.165, 1.54) is 0 Å². The number of aromatic nitrogens is 2. The van der Waals surface area contributed by atoms with Crippen molar-refractivity contribution in [1.29, 1.82) is 0 Å². The van der Waals surface area contributed by atoms with Crippen molar-refractivity contribution in [3.8, 4) is 0 Å². The third-order valence-electron chi connectivity index (χ3n) is 5.39. The van der Waals surface area contributed by atoms with Gasteiger partial charge in [0.1, 0.15) is 0 Å². The summed E-state index contributed by atoms with van der Waals surface area (Å²) in [6.45, 7) is 8.67. The molecule has 0 spiro atoms. The van der Waals surface area contributed by atoms with Gasteiger partial charge >= 0.3 is 6.18 Å². The van der Waals surface area contributed by atoms with Crippen LogP contribution >= 0.6 is 0 Å². The van der Waals surface area contributed by atoms with Crippen LogP contribution < -0.4 is 0 Å². The van der Waals surface area contributed by atoms with Gasteiger partial charge in [-0.1, -0.05) is 19.0 Å². The van der Waals surface area contributed by atoms with Crippen molar-refractivity contribution in [1.82, 2.24) is 19.9 Å². The number of hydrogen-bond acceptors (Lipinski definition) is 7. The number of likely N-dealkylation sites (tertiary alicyclic amines) is 1. The van der Waals surface area contributed by atoms with Gasteiger partial charge < -0.3 is 14.4 Å². The summed E-state index contributed by atoms with van der Waals surface area (Å²) < 4.78 is 47.8. The number of alkyl halides is 3. The van der Waals surface area contributed by atoms with Crippen molar-refractivity contribution in [2.45, 2.75) is 38.6 Å². The summed E-state index contributed by atoms with van der Waals surface area (Å²) in [6, 6.07) is 0. The summed E-state index contributed by atoms with van der Waals surface area (Å²) >= 11 is 0. The van der Waals surface area contributed by atoms with E-state index in [4.69, 9.17) is 9.26 Å². The predicted octanol–water partition coefficient (Wildman–Crippen LogP) is 1.38. The Balaban J connectivity index is 1.61. The summed E-state index contributed by atoms with van der Waals surface area (Å²) in [5, 5.41) is 14.2. The van der Waals surface area contributed by atoms with Crippen LogP contribution in [0.15, 0.2) is 4.52 Å². The van der Waals surface area contributed by atoms with Crippen LogP contribution in [0.4, 0.5) is 13.2 Å². The summed E-state index contributed by atoms with van der Waals surface area (Å²) in [7, 11) is 0. The van der Waals surface area contributed by atoms with E-state index in [1.807, 2.05) is 18.7 Å². The molecule has 0 aromatic carbocycles. The van der Waals surface area contributed by atoms with Crippen LogP contribution in [0, 0.1) is 5.41 Å². The zero-order valence-corrected chi connectivity index (χ0v) is 15.1. The first-order valence-corrected chi connectivity index (χ1v) is 8.74. The first-order chi connectivity index (χ1) is 12.1. The number of hydrogen-bond donors (Lipinski definition) is 1. The standard InChI is InChI=1S/C16H25F3N4O3/c1-14(2)10-23(9-12-20-13(21-26-12)16(17,18)19)4-3-15(14,24)11-22-5-7-25-8-6-22/h24H,3-11H2,1-2H3/t15-/m0/s1. The van der Waals surface area contributed by atoms with Crippen molar-refractivity contribution in [3.63, 3.8) is 0 Å². The highest BCUT2D eigenvalue weighted by Gasteiger charge is 2.48. The molecule has 0 amide bonds. The second kappa shape index (κ2) is 7.06. The van der Waals surface area contributed by atoms with Crippen LogP contribution in [0.5, 0.6) is 0 Å². The number of halogens is 3. The molecule has 7 nitrogen and oxygen atoms in total. The van der Waals surface area contributed by atoms with E-state index in [1.54, 1.807) is 0 Å². The van der Waals surface area contributed by atoms with E-state index in [9.17, 15) is 18.3 Å². The van der Waals surface area contributed by atoms with Gasteiger partial charge in [0.15, 0.2) is 0 Å². The van der Waals surface area contributed by atoms with E-state index in [-0.39, 0.29) is 12.4 Å². The second-order valence-corrected chi connectivity index (χ2v) is 7.77. The SMILES string of the molecule is CC1(C)CN(Cc2nc(C(F)(F)F)no2)CC[C@]1(O)CN1CCOCC1. The molecule has 3 rings (SSSR count). The topological polar surface area (TPSA) is 74.9 Å². The maximum atomic E-state index is 12.6. The highest BCUT2D eigenvalue weighted by atomic mass is 19.4. The summed E-state index contributed by atoms with van der Waals surface area (Å²) in [5.41, 5.74) is -1.30. The number of piperidine rings is 1. The van der Waals surface area contributed by atoms with Crippen molar-refractivity contribution in [3.05, 3.63) is 11.7 Å². The maximum absolute atomic E-state index is 12.6. The molecule has 148 valence electrons. The summed E-state index contributed by atoms with van der Waals surface area (Å²) in [6.07, 6.45) is -4.08. The van der Waals surface area contributed by atoms with Crippen molar-refractivity contribution < 1.29 is 27.5 Å². The molecule has 2 fully saturated rings. The third kappa shape index (κ3) is 4.19. The Kier molecular flexibility index (Phi) is 5.31. The number of ether oxygens (including phenoxy) is 1. The molecule has 2 aliphatic heterocycles. The zero-order valence-electron chi connectivity index (χ0n) is 15.1. The van der Waals surface area contributed by atoms with Crippen molar-refractivity contribution >= 4 is 0 Å². The average Bonchev–Trinajstić information content (AvgIpc) is 3.01. The maximum Gasteiger partial charge on any atom is 0.455 e. The molecule has 1 N–H and O–H groups in total. The smallest absolute Gasteiger partial charge is 0.388 e. The van der Waals surface area contributed by atoms with Crippen LogP contribution in [0.2, 0.25) is 0 Å². The molecule has 0 saturated carbocycles. The van der Waals surface area contributed by atoms with Crippen LogP contribution in [-0.2, 0) is 17.5 Å². The molecule has 1 aromatic heterocycles. The van der Waals surface area contributed by atoms with E-state index < -0.39 is 23.0 Å². The normalized spacial score (nSPS) is 28.4. The number of morpholine rings is 1. The van der Waals surface area contributed by atoms with E-state index in [0.717, 1.165) is 13.1 Å². The average molecular weight is 378 g/mol. The minimum absolute atomic E-state index is 0.0632. The molecule has 2 saturated heterocycles. The molecule has 26 heavy (non-hydrogen) atoms. The minimum Gasteiger partial charge on any atom is -0.388 e. The zero-order chi connectivity index (χ0) is 19.0. The van der Waals surface area contributed by atoms with Crippen molar-refractivity contribution in [2.75, 3.05) is 45.9 Å². The van der Waals surface area contributed by atoms with Crippen molar-refractivity contribution in [2.24, 2.45) is 5.41 Å². The van der Waals surface area contributed by atoms with E-state index in [2.05, 4.69) is 15.0 Å². The Hall–Kier alpha value is -1.23. The monoisotopic (exact) mass is 378 g/mol. The molecule has 0 radical (unpaired) electrons. The Morgan fingerprint density at radius 1 is 1.15 bits per heavy atom. The molecule has 10 heteroatoms. The van der Waals surface area contributed by atoms with E-state index in [0.29, 0.717) is 39.3 Å². The molecule has 0 bridgehead atoms. The van der Waals surface area contributed by atoms with Gasteiger partial charge in [-0.15, -0.1) is 0 Å². The molecule has 1 atom stereocenters. The fourth-order valence-electron chi connectivity index (χ4n) is 3.65. The number of aliphatic hydroxyl groups is 1. The highest BCUT2D eigenvalue weighted by molar-refractivity contribution is 5.02. The van der Waals surface area contributed by atoms with Gasteiger partial charge in [0.25, 0.3) is 5.82 Å². The molecular formula is C16H25F3N4O3. The van der Waals surface area contributed by atoms with Gasteiger partial charge in [-0.05, 0) is 6.42 Å². The minimum atomic E-state index is -4.61. The fourth-order valence-corrected chi connectivity index (χ4v) is 3.65. The largest absolute Gasteiger partial charge is 0.455 e. The summed E-state index contributed by atoms with van der Waals surface area (Å²) in [5.74, 6) is -1.32. The lowest BCUT2D eigenvalue weighted by molar-refractivity contribution is -0.146. The first-order valence-electron chi connectivity index (χ1n) is 8.74. The second-order valence-electron chi connectivity index (χ2n) is 7.77. The van der Waals surface area contributed by atoms with Gasteiger partial charge in [0.05, 0.1) is 25.4 Å². The lowest BCUT2D eigenvalue weighted by Gasteiger charge is -2.52. The Morgan fingerprint density at radius 2 is 1.85 bits per heavy atom. The number of rotatable bonds is 4. The summed E-state index contributed by atoms with van der Waals surface area (Å²) in [4.78, 5) is 7.57. The van der Waals surface area contributed by atoms with Crippen LogP contribution in [0.3, 0.4) is 0 Å². The van der Waals surface area contributed by atoms with Gasteiger partial charge in [-0.3, -0.25) is 9.80 Å². The fraction of sp³-hybridized carbons (Fsp3) is 0.875. The Morgan fingerprint density at radius 3 is 2.42 bits per heavy atom.